The summed E-state index contributed by atoms with van der Waals surface area (Å²) >= 11 is 0. The number of hydrogen-bond acceptors (Lipinski definition) is 9. The number of anilines is 6. The Morgan fingerprint density at radius 1 is 0.209 bits per heavy atom. The number of nitrogens with zero attached hydrogens (tertiary/aromatic N) is 9. The molecule has 20 rings (SSSR count). The smallest absolute Gasteiger partial charge is 0.252 e. The summed E-state index contributed by atoms with van der Waals surface area (Å²) in [5.74, 6) is 2.74. The maximum absolute atomic E-state index is 5.12. The summed E-state index contributed by atoms with van der Waals surface area (Å²) in [6.45, 7) is 6.85. The molecule has 0 saturated carbocycles. The molecule has 10 heteroatoms. The third-order valence-corrected chi connectivity index (χ3v) is 21.7. The molecule has 5 aliphatic heterocycles. The Bertz CT molecular complexity index is 6230. The standard InChI is InChI=1S/C100H70BN9/c1-100(2,3)84-63-91-93-92(64-84)109(86-56-50-74(51-57-86)72-38-34-69(35-39-72)66-22-11-5-12-23-66)90-59-53-82(77-46-44-75(45-47-77)80-30-19-31-83(60-80)96-106-98-104-94(78-26-15-7-16-27-78)102-97-103-95(79-28-17-8-18-29-79)105-99(107-96)110(97)98)62-88(90)101(93)87-61-81(76-42-40-70(41-43-76)67-24-13-6-14-25-67)52-58-89(87)108(91)85-54-48-73(49-55-85)71-36-32-68(33-37-71)65-20-9-4-10-21-65/h4-64H,1-3H3. The number of benzene rings is 15. The van der Waals surface area contributed by atoms with E-state index in [0.29, 0.717) is 35.4 Å². The summed E-state index contributed by atoms with van der Waals surface area (Å²) < 4.78 is 0. The van der Waals surface area contributed by atoms with Gasteiger partial charge in [-0.15, -0.1) is 0 Å². The zero-order valence-corrected chi connectivity index (χ0v) is 60.8. The first-order valence-corrected chi connectivity index (χ1v) is 37.5. The first kappa shape index (κ1) is 65.3. The van der Waals surface area contributed by atoms with Crippen molar-refractivity contribution in [3.05, 3.63) is 392 Å². The summed E-state index contributed by atoms with van der Waals surface area (Å²) in [7, 11) is 0. The lowest BCUT2D eigenvalue weighted by atomic mass is 9.33. The molecule has 0 atom stereocenters. The Kier molecular flexibility index (Phi) is 16.0. The van der Waals surface area contributed by atoms with Crippen LogP contribution in [0.1, 0.15) is 43.0 Å². The summed E-state index contributed by atoms with van der Waals surface area (Å²) in [6.07, 6.45) is 0. The number of guanidine groups is 3. The van der Waals surface area contributed by atoms with Crippen molar-refractivity contribution in [3.63, 3.8) is 0 Å². The number of amidine groups is 3. The topological polar surface area (TPSA) is 83.9 Å². The van der Waals surface area contributed by atoms with Crippen LogP contribution in [-0.4, -0.2) is 47.0 Å². The zero-order valence-electron chi connectivity index (χ0n) is 60.8. The molecule has 9 nitrogen and oxygen atoms in total. The molecule has 110 heavy (non-hydrogen) atoms. The van der Waals surface area contributed by atoms with E-state index in [2.05, 4.69) is 334 Å². The van der Waals surface area contributed by atoms with E-state index in [4.69, 9.17) is 30.0 Å². The fraction of sp³-hybridized carbons (Fsp3) is 0.0400. The van der Waals surface area contributed by atoms with Gasteiger partial charge in [0.15, 0.2) is 17.5 Å². The van der Waals surface area contributed by atoms with Gasteiger partial charge in [-0.3, -0.25) is 0 Å². The number of rotatable bonds is 13. The van der Waals surface area contributed by atoms with Gasteiger partial charge in [0.05, 0.1) is 0 Å². The summed E-state index contributed by atoms with van der Waals surface area (Å²) in [4.78, 5) is 36.9. The molecule has 0 fully saturated rings. The third kappa shape index (κ3) is 12.0. The maximum Gasteiger partial charge on any atom is 0.252 e. The molecular formula is C100H70BN9. The average Bonchev–Trinajstić information content (AvgIpc) is 0.696. The average molecular weight is 1410 g/mol. The van der Waals surface area contributed by atoms with Crippen molar-refractivity contribution in [1.29, 1.82) is 0 Å². The van der Waals surface area contributed by atoms with Crippen molar-refractivity contribution in [2.75, 3.05) is 9.80 Å². The highest BCUT2D eigenvalue weighted by molar-refractivity contribution is 7.00. The Labute approximate surface area is 640 Å². The van der Waals surface area contributed by atoms with Gasteiger partial charge in [0, 0.05) is 50.8 Å². The molecule has 0 radical (unpaired) electrons. The first-order chi connectivity index (χ1) is 54.1. The summed E-state index contributed by atoms with van der Waals surface area (Å²) in [6, 6.07) is 134. The van der Waals surface area contributed by atoms with Crippen molar-refractivity contribution >= 4 is 92.6 Å². The molecule has 518 valence electrons. The summed E-state index contributed by atoms with van der Waals surface area (Å²) in [5, 5.41) is 0. The minimum atomic E-state index is -0.220. The van der Waals surface area contributed by atoms with E-state index in [9.17, 15) is 0 Å². The number of fused-ring (bicyclic) bond motifs is 4. The quantitative estimate of drug-likeness (QED) is 0.108. The van der Waals surface area contributed by atoms with Crippen molar-refractivity contribution in [3.8, 4) is 89.0 Å². The molecule has 15 aromatic rings. The number of hydrogen-bond donors (Lipinski definition) is 0. The van der Waals surface area contributed by atoms with Gasteiger partial charge in [-0.05, 0) is 171 Å². The fourth-order valence-electron chi connectivity index (χ4n) is 16.0. The van der Waals surface area contributed by atoms with Crippen LogP contribution >= 0.6 is 0 Å². The van der Waals surface area contributed by atoms with Gasteiger partial charge in [-0.25, -0.2) is 4.90 Å². The first-order valence-electron chi connectivity index (χ1n) is 37.5. The van der Waals surface area contributed by atoms with Crippen LogP contribution < -0.4 is 26.2 Å². The van der Waals surface area contributed by atoms with Crippen molar-refractivity contribution in [2.24, 2.45) is 30.0 Å². The van der Waals surface area contributed by atoms with Gasteiger partial charge >= 0.3 is 0 Å². The van der Waals surface area contributed by atoms with Gasteiger partial charge < -0.3 is 9.80 Å². The van der Waals surface area contributed by atoms with Gasteiger partial charge in [-0.2, -0.15) is 30.0 Å². The fourth-order valence-corrected chi connectivity index (χ4v) is 16.0. The van der Waals surface area contributed by atoms with E-state index in [1.807, 2.05) is 66.7 Å². The minimum Gasteiger partial charge on any atom is -0.311 e. The highest BCUT2D eigenvalue weighted by Crippen LogP contribution is 2.48. The monoisotopic (exact) mass is 1410 g/mol. The molecule has 0 amide bonds. The van der Waals surface area contributed by atoms with Gasteiger partial charge in [-0.1, -0.05) is 336 Å². The van der Waals surface area contributed by atoms with Crippen molar-refractivity contribution < 1.29 is 0 Å². The Morgan fingerprint density at radius 3 is 0.791 bits per heavy atom. The minimum absolute atomic E-state index is 0.180. The van der Waals surface area contributed by atoms with Crippen LogP contribution in [0.3, 0.4) is 0 Å². The lowest BCUT2D eigenvalue weighted by molar-refractivity contribution is 0.590. The second-order valence-corrected chi connectivity index (χ2v) is 29.5. The second kappa shape index (κ2) is 27.0. The van der Waals surface area contributed by atoms with Crippen LogP contribution in [0, 0.1) is 0 Å². The molecule has 15 aromatic carbocycles. The van der Waals surface area contributed by atoms with Gasteiger partial charge in [0.2, 0.25) is 17.9 Å². The molecule has 5 aliphatic rings. The maximum atomic E-state index is 5.12. The van der Waals surface area contributed by atoms with Gasteiger partial charge in [0.1, 0.15) is 0 Å². The summed E-state index contributed by atoms with van der Waals surface area (Å²) in [5.41, 5.74) is 32.5. The predicted molar refractivity (Wildman–Crippen MR) is 459 cm³/mol. The number of aliphatic imine (C=N–C) groups is 6. The van der Waals surface area contributed by atoms with E-state index in [1.165, 1.54) is 60.9 Å². The molecule has 0 aromatic heterocycles. The zero-order chi connectivity index (χ0) is 73.4. The predicted octanol–water partition coefficient (Wildman–Crippen LogP) is 22.5. The van der Waals surface area contributed by atoms with Crippen LogP contribution in [-0.2, 0) is 5.41 Å². The molecule has 0 saturated heterocycles. The van der Waals surface area contributed by atoms with Crippen LogP contribution in [0.4, 0.5) is 34.1 Å². The molecule has 0 bridgehead atoms. The van der Waals surface area contributed by atoms with Crippen molar-refractivity contribution in [1.82, 2.24) is 4.90 Å². The van der Waals surface area contributed by atoms with Gasteiger partial charge in [0.25, 0.3) is 6.71 Å². The van der Waals surface area contributed by atoms with Crippen LogP contribution in [0.5, 0.6) is 0 Å². The van der Waals surface area contributed by atoms with E-state index >= 15 is 0 Å². The molecule has 0 aliphatic carbocycles. The molecular weight excluding hydrogens is 1340 g/mol. The second-order valence-electron chi connectivity index (χ2n) is 29.5. The van der Waals surface area contributed by atoms with E-state index in [-0.39, 0.29) is 12.1 Å². The highest BCUT2D eigenvalue weighted by atomic mass is 15.5. The largest absolute Gasteiger partial charge is 0.311 e. The third-order valence-electron chi connectivity index (χ3n) is 21.7. The van der Waals surface area contributed by atoms with Crippen LogP contribution in [0.15, 0.2) is 400 Å². The van der Waals surface area contributed by atoms with E-state index in [1.54, 1.807) is 4.90 Å². The lowest BCUT2D eigenvalue weighted by Gasteiger charge is -2.45. The molecule has 0 spiro atoms. The highest BCUT2D eigenvalue weighted by Gasteiger charge is 2.45. The molecule has 5 heterocycles. The van der Waals surface area contributed by atoms with E-state index in [0.717, 1.165) is 101 Å². The molecule has 0 unspecified atom stereocenters. The Balaban J connectivity index is 0.718. The van der Waals surface area contributed by atoms with E-state index < -0.39 is 0 Å². The normalized spacial score (nSPS) is 13.8. The lowest BCUT2D eigenvalue weighted by Crippen LogP contribution is -2.61. The van der Waals surface area contributed by atoms with Crippen LogP contribution in [0.2, 0.25) is 0 Å². The molecule has 0 N–H and O–H groups in total. The Hall–Kier alpha value is -14.2. The Morgan fingerprint density at radius 2 is 0.464 bits per heavy atom. The SMILES string of the molecule is CC(C)(C)c1cc2c3c(c1)N(c1ccc(-c4ccc(-c5ccccc5)cc4)cc1)c1ccc(-c4ccc(-c5cccc(C6=NC7=NC(c8ccccc8)=NC8=NC(c9ccccc9)=NC(=N6)N87)c5)cc4)cc1B3c1cc(-c3ccc(-c4ccccc4)cc3)ccc1N2c1ccc(-c2ccc(-c3ccccc3)cc2)cc1. The van der Waals surface area contributed by atoms with Crippen molar-refractivity contribution in [2.45, 2.75) is 26.2 Å². The van der Waals surface area contributed by atoms with Crippen LogP contribution in [0.25, 0.3) is 89.0 Å².